The predicted molar refractivity (Wildman–Crippen MR) is 94.5 cm³/mol. The Balaban J connectivity index is 1.46. The number of rotatable bonds is 7. The van der Waals surface area contributed by atoms with Crippen LogP contribution in [0.3, 0.4) is 0 Å². The number of nitrogens with one attached hydrogen (secondary N) is 2. The van der Waals surface area contributed by atoms with Crippen molar-refractivity contribution in [3.63, 3.8) is 0 Å². The van der Waals surface area contributed by atoms with Crippen LogP contribution in [0.25, 0.3) is 0 Å². The van der Waals surface area contributed by atoms with E-state index in [0.29, 0.717) is 19.4 Å². The Morgan fingerprint density at radius 1 is 0.875 bits per heavy atom. The summed E-state index contributed by atoms with van der Waals surface area (Å²) in [5.41, 5.74) is 1.11. The van der Waals surface area contributed by atoms with Crippen LogP contribution in [-0.2, 0) is 16.0 Å². The van der Waals surface area contributed by atoms with Gasteiger partial charge in [-0.05, 0) is 43.4 Å². The topological polar surface area (TPSA) is 58.2 Å². The lowest BCUT2D eigenvalue weighted by Crippen LogP contribution is -2.40. The smallest absolute Gasteiger partial charge is 0.240 e. The molecule has 2 amide bonds. The molecule has 0 heterocycles. The highest BCUT2D eigenvalue weighted by molar-refractivity contribution is 6.13. The lowest BCUT2D eigenvalue weighted by Gasteiger charge is -2.15. The highest BCUT2D eigenvalue weighted by Gasteiger charge is 2.56. The van der Waals surface area contributed by atoms with Crippen LogP contribution in [-0.4, -0.2) is 18.4 Å². The Labute approximate surface area is 142 Å². The molecule has 0 radical (unpaired) electrons. The van der Waals surface area contributed by atoms with Crippen molar-refractivity contribution in [2.45, 2.75) is 25.7 Å². The second-order valence-electron chi connectivity index (χ2n) is 6.25. The van der Waals surface area contributed by atoms with Gasteiger partial charge in [0.2, 0.25) is 11.8 Å². The third-order valence-corrected chi connectivity index (χ3v) is 4.42. The van der Waals surface area contributed by atoms with Gasteiger partial charge in [0.05, 0.1) is 0 Å². The Morgan fingerprint density at radius 2 is 1.50 bits per heavy atom. The van der Waals surface area contributed by atoms with Crippen LogP contribution < -0.4 is 10.6 Å². The van der Waals surface area contributed by atoms with Gasteiger partial charge in [-0.2, -0.15) is 0 Å². The standard InChI is InChI=1S/C20H22N2O2/c23-18(21-15-7-10-16-8-3-1-4-9-16)20(13-14-20)19(24)22-17-11-5-2-6-12-17/h1-6,8-9,11-12H,7,10,13-15H2,(H,21,23)(H,22,24). The average molecular weight is 322 g/mol. The first-order valence-corrected chi connectivity index (χ1v) is 8.39. The molecule has 0 atom stereocenters. The molecule has 1 saturated carbocycles. The first-order chi connectivity index (χ1) is 11.7. The summed E-state index contributed by atoms with van der Waals surface area (Å²) in [5, 5.41) is 5.76. The number of carbonyl (C=O) groups is 2. The molecule has 0 saturated heterocycles. The van der Waals surface area contributed by atoms with E-state index in [-0.39, 0.29) is 11.8 Å². The van der Waals surface area contributed by atoms with Gasteiger partial charge >= 0.3 is 0 Å². The van der Waals surface area contributed by atoms with Gasteiger partial charge in [0.1, 0.15) is 5.41 Å². The van der Waals surface area contributed by atoms with Crippen LogP contribution in [0, 0.1) is 5.41 Å². The van der Waals surface area contributed by atoms with E-state index in [1.165, 1.54) is 5.56 Å². The number of hydrogen-bond acceptors (Lipinski definition) is 2. The Morgan fingerprint density at radius 3 is 2.12 bits per heavy atom. The summed E-state index contributed by atoms with van der Waals surface area (Å²) in [6.07, 6.45) is 3.03. The predicted octanol–water partition coefficient (Wildman–Crippen LogP) is 3.15. The van der Waals surface area contributed by atoms with E-state index >= 15 is 0 Å². The van der Waals surface area contributed by atoms with Crippen molar-refractivity contribution >= 4 is 17.5 Å². The molecule has 0 unspecified atom stereocenters. The van der Waals surface area contributed by atoms with Gasteiger partial charge in [-0.25, -0.2) is 0 Å². The van der Waals surface area contributed by atoms with E-state index in [9.17, 15) is 9.59 Å². The number of carbonyl (C=O) groups excluding carboxylic acids is 2. The van der Waals surface area contributed by atoms with Gasteiger partial charge in [-0.15, -0.1) is 0 Å². The molecular formula is C20H22N2O2. The quantitative estimate of drug-likeness (QED) is 0.608. The fourth-order valence-corrected chi connectivity index (χ4v) is 2.76. The normalized spacial score (nSPS) is 14.7. The maximum atomic E-state index is 12.4. The van der Waals surface area contributed by atoms with Gasteiger partial charge in [0.15, 0.2) is 0 Å². The largest absolute Gasteiger partial charge is 0.355 e. The summed E-state index contributed by atoms with van der Waals surface area (Å²) in [4.78, 5) is 24.8. The van der Waals surface area contributed by atoms with Gasteiger partial charge < -0.3 is 10.6 Å². The van der Waals surface area contributed by atoms with E-state index in [0.717, 1.165) is 18.5 Å². The van der Waals surface area contributed by atoms with Gasteiger partial charge in [-0.3, -0.25) is 9.59 Å². The number of benzene rings is 2. The highest BCUT2D eigenvalue weighted by Crippen LogP contribution is 2.46. The summed E-state index contributed by atoms with van der Waals surface area (Å²) >= 11 is 0. The molecule has 1 fully saturated rings. The Bertz CT molecular complexity index is 694. The second-order valence-corrected chi connectivity index (χ2v) is 6.25. The molecule has 0 aromatic heterocycles. The van der Waals surface area contributed by atoms with Crippen LogP contribution in [0.1, 0.15) is 24.8 Å². The third kappa shape index (κ3) is 3.82. The van der Waals surface area contributed by atoms with Crippen molar-refractivity contribution in [2.75, 3.05) is 11.9 Å². The Hall–Kier alpha value is -2.62. The second kappa shape index (κ2) is 7.30. The zero-order valence-corrected chi connectivity index (χ0v) is 13.6. The van der Waals surface area contributed by atoms with Crippen LogP contribution in [0.4, 0.5) is 5.69 Å². The maximum absolute atomic E-state index is 12.4. The number of anilines is 1. The zero-order chi connectivity index (χ0) is 16.8. The highest BCUT2D eigenvalue weighted by atomic mass is 16.2. The van der Waals surface area contributed by atoms with Crippen molar-refractivity contribution in [3.8, 4) is 0 Å². The van der Waals surface area contributed by atoms with Gasteiger partial charge in [-0.1, -0.05) is 48.5 Å². The zero-order valence-electron chi connectivity index (χ0n) is 13.6. The fourth-order valence-electron chi connectivity index (χ4n) is 2.76. The van der Waals surface area contributed by atoms with Crippen molar-refractivity contribution < 1.29 is 9.59 Å². The van der Waals surface area contributed by atoms with Gasteiger partial charge in [0.25, 0.3) is 0 Å². The molecule has 3 rings (SSSR count). The van der Waals surface area contributed by atoms with Gasteiger partial charge in [0, 0.05) is 12.2 Å². The summed E-state index contributed by atoms with van der Waals surface area (Å²) < 4.78 is 0. The number of para-hydroxylation sites is 1. The maximum Gasteiger partial charge on any atom is 0.240 e. The van der Waals surface area contributed by atoms with E-state index in [2.05, 4.69) is 22.8 Å². The molecular weight excluding hydrogens is 300 g/mol. The SMILES string of the molecule is O=C(NCCCc1ccccc1)C1(C(=O)Nc2ccccc2)CC1. The monoisotopic (exact) mass is 322 g/mol. The van der Waals surface area contributed by atoms with Crippen molar-refractivity contribution in [2.24, 2.45) is 5.41 Å². The minimum Gasteiger partial charge on any atom is -0.355 e. The average Bonchev–Trinajstić information content (AvgIpc) is 3.42. The fraction of sp³-hybridized carbons (Fsp3) is 0.300. The van der Waals surface area contributed by atoms with Crippen molar-refractivity contribution in [1.82, 2.24) is 5.32 Å². The van der Waals surface area contributed by atoms with Crippen molar-refractivity contribution in [1.29, 1.82) is 0 Å². The van der Waals surface area contributed by atoms with Crippen LogP contribution in [0.2, 0.25) is 0 Å². The third-order valence-electron chi connectivity index (χ3n) is 4.42. The van der Waals surface area contributed by atoms with E-state index in [1.54, 1.807) is 0 Å². The van der Waals surface area contributed by atoms with E-state index in [4.69, 9.17) is 0 Å². The number of hydrogen-bond donors (Lipinski definition) is 2. The molecule has 1 aliphatic rings. The molecule has 0 aliphatic heterocycles. The number of aryl methyl sites for hydroxylation is 1. The van der Waals surface area contributed by atoms with Crippen LogP contribution in [0.15, 0.2) is 60.7 Å². The van der Waals surface area contributed by atoms with E-state index < -0.39 is 5.41 Å². The molecule has 1 aliphatic carbocycles. The minimum atomic E-state index is -0.872. The molecule has 0 spiro atoms. The first kappa shape index (κ1) is 16.2. The van der Waals surface area contributed by atoms with Crippen LogP contribution >= 0.6 is 0 Å². The number of amides is 2. The lowest BCUT2D eigenvalue weighted by atomic mass is 10.0. The Kier molecular flexibility index (Phi) is 4.94. The summed E-state index contributed by atoms with van der Waals surface area (Å²) in [5.74, 6) is -0.349. The molecule has 4 nitrogen and oxygen atoms in total. The minimum absolute atomic E-state index is 0.149. The molecule has 0 bridgehead atoms. The van der Waals surface area contributed by atoms with E-state index in [1.807, 2.05) is 48.5 Å². The lowest BCUT2D eigenvalue weighted by molar-refractivity contribution is -0.134. The summed E-state index contributed by atoms with van der Waals surface area (Å²) in [7, 11) is 0. The molecule has 2 N–H and O–H groups in total. The molecule has 24 heavy (non-hydrogen) atoms. The summed E-state index contributed by atoms with van der Waals surface area (Å²) in [6.45, 7) is 0.591. The first-order valence-electron chi connectivity index (χ1n) is 8.39. The molecule has 2 aromatic carbocycles. The molecule has 124 valence electrons. The molecule has 4 heteroatoms. The summed E-state index contributed by atoms with van der Waals surface area (Å²) in [6, 6.07) is 19.4. The van der Waals surface area contributed by atoms with Crippen molar-refractivity contribution in [3.05, 3.63) is 66.2 Å². The molecule has 2 aromatic rings. The van der Waals surface area contributed by atoms with Crippen LogP contribution in [0.5, 0.6) is 0 Å².